The number of nitrogens with one attached hydrogen (secondary N) is 1. The molecule has 5 unspecified atom stereocenters. The van der Waals surface area contributed by atoms with E-state index < -0.39 is 43.2 Å². The zero-order chi connectivity index (χ0) is 15.6. The third-order valence-electron chi connectivity index (χ3n) is 3.35. The van der Waals surface area contributed by atoms with Crippen molar-refractivity contribution >= 4 is 11.7 Å². The first-order chi connectivity index (χ1) is 9.95. The molecule has 2 rings (SSSR count). The smallest absolute Gasteiger partial charge is 0.337 e. The Morgan fingerprint density at radius 3 is 2.43 bits per heavy atom. The molecule has 0 aromatic heterocycles. The van der Waals surface area contributed by atoms with E-state index in [9.17, 15) is 20.1 Å². The van der Waals surface area contributed by atoms with Crippen molar-refractivity contribution in [1.82, 2.24) is 0 Å². The first-order valence-electron chi connectivity index (χ1n) is 6.35. The molecule has 0 spiro atoms. The van der Waals surface area contributed by atoms with Crippen molar-refractivity contribution < 1.29 is 35.1 Å². The number of hydrogen-bond donors (Lipinski definition) is 6. The predicted molar refractivity (Wildman–Crippen MR) is 70.8 cm³/mol. The van der Waals surface area contributed by atoms with E-state index in [-0.39, 0.29) is 11.3 Å². The van der Waals surface area contributed by atoms with Gasteiger partial charge in [0.05, 0.1) is 17.9 Å². The lowest BCUT2D eigenvalue weighted by Gasteiger charge is -2.40. The van der Waals surface area contributed by atoms with Crippen molar-refractivity contribution in [3.05, 3.63) is 29.8 Å². The molecule has 1 fully saturated rings. The lowest BCUT2D eigenvalue weighted by molar-refractivity contribution is -0.221. The highest BCUT2D eigenvalue weighted by Crippen LogP contribution is 2.24. The van der Waals surface area contributed by atoms with E-state index in [4.69, 9.17) is 14.9 Å². The zero-order valence-corrected chi connectivity index (χ0v) is 11.0. The van der Waals surface area contributed by atoms with Crippen molar-refractivity contribution in [2.75, 3.05) is 11.9 Å². The molecule has 1 aliphatic heterocycles. The molecule has 1 aromatic rings. The second kappa shape index (κ2) is 6.37. The second-order valence-electron chi connectivity index (χ2n) is 4.74. The molecule has 1 aromatic carbocycles. The molecule has 116 valence electrons. The van der Waals surface area contributed by atoms with Crippen LogP contribution in [0, 0.1) is 0 Å². The van der Waals surface area contributed by atoms with Crippen LogP contribution in [0.1, 0.15) is 10.4 Å². The summed E-state index contributed by atoms with van der Waals surface area (Å²) in [4.78, 5) is 11.1. The number of rotatable bonds is 4. The van der Waals surface area contributed by atoms with Gasteiger partial charge in [-0.15, -0.1) is 0 Å². The molecule has 8 nitrogen and oxygen atoms in total. The summed E-state index contributed by atoms with van der Waals surface area (Å²) < 4.78 is 5.26. The molecule has 1 aliphatic rings. The molecule has 0 amide bonds. The number of carboxylic acid groups (broad SMARTS) is 1. The molecule has 1 saturated heterocycles. The maximum absolute atomic E-state index is 11.1. The number of aliphatic hydroxyl groups excluding tert-OH is 4. The fraction of sp³-hybridized carbons (Fsp3) is 0.462. The minimum Gasteiger partial charge on any atom is -0.478 e. The Balaban J connectivity index is 2.20. The summed E-state index contributed by atoms with van der Waals surface area (Å²) in [5.74, 6) is -1.16. The molecule has 0 radical (unpaired) electrons. The number of benzene rings is 1. The van der Waals surface area contributed by atoms with E-state index in [0.29, 0.717) is 0 Å². The van der Waals surface area contributed by atoms with Gasteiger partial charge in [0.25, 0.3) is 0 Å². The molecular weight excluding hydrogens is 282 g/mol. The number of para-hydroxylation sites is 1. The average Bonchev–Trinajstić information content (AvgIpc) is 2.48. The van der Waals surface area contributed by atoms with Gasteiger partial charge in [0, 0.05) is 0 Å². The minimum absolute atomic E-state index is 0.0329. The fourth-order valence-corrected chi connectivity index (χ4v) is 2.17. The standard InChI is InChI=1S/C13H17NO7/c15-5-8-9(16)10(17)11(18)12(21-8)14-7-4-2-1-3-6(7)13(19)20/h1-4,8-12,14-18H,5H2,(H,19,20). The van der Waals surface area contributed by atoms with Crippen LogP contribution in [0.5, 0.6) is 0 Å². The van der Waals surface area contributed by atoms with E-state index in [0.717, 1.165) is 0 Å². The summed E-state index contributed by atoms with van der Waals surface area (Å²) in [5, 5.41) is 50.1. The van der Waals surface area contributed by atoms with Gasteiger partial charge >= 0.3 is 5.97 Å². The van der Waals surface area contributed by atoms with Crippen LogP contribution < -0.4 is 5.32 Å². The fourth-order valence-electron chi connectivity index (χ4n) is 2.17. The van der Waals surface area contributed by atoms with Crippen LogP contribution in [0.15, 0.2) is 24.3 Å². The molecule has 0 bridgehead atoms. The van der Waals surface area contributed by atoms with Gasteiger partial charge in [-0.2, -0.15) is 0 Å². The summed E-state index contributed by atoms with van der Waals surface area (Å²) in [6.07, 6.45) is -6.69. The van der Waals surface area contributed by atoms with Gasteiger partial charge in [-0.1, -0.05) is 12.1 Å². The summed E-state index contributed by atoms with van der Waals surface area (Å²) in [6.45, 7) is -0.552. The van der Waals surface area contributed by atoms with Gasteiger partial charge in [-0.25, -0.2) is 4.79 Å². The van der Waals surface area contributed by atoms with E-state index in [1.165, 1.54) is 12.1 Å². The number of carbonyl (C=O) groups is 1. The normalized spacial score (nSPS) is 32.7. The average molecular weight is 299 g/mol. The largest absolute Gasteiger partial charge is 0.478 e. The lowest BCUT2D eigenvalue weighted by Crippen LogP contribution is -2.60. The van der Waals surface area contributed by atoms with Crippen LogP contribution in [0.4, 0.5) is 5.69 Å². The van der Waals surface area contributed by atoms with Crippen molar-refractivity contribution in [3.8, 4) is 0 Å². The first-order valence-corrected chi connectivity index (χ1v) is 6.35. The molecule has 21 heavy (non-hydrogen) atoms. The molecule has 8 heteroatoms. The third kappa shape index (κ3) is 3.14. The van der Waals surface area contributed by atoms with Gasteiger partial charge in [-0.05, 0) is 12.1 Å². The van der Waals surface area contributed by atoms with Crippen LogP contribution in [0.3, 0.4) is 0 Å². The highest BCUT2D eigenvalue weighted by atomic mass is 16.6. The van der Waals surface area contributed by atoms with Crippen LogP contribution in [-0.2, 0) is 4.74 Å². The van der Waals surface area contributed by atoms with Gasteiger partial charge < -0.3 is 35.6 Å². The van der Waals surface area contributed by atoms with Crippen LogP contribution in [-0.4, -0.2) is 68.8 Å². The van der Waals surface area contributed by atoms with Crippen molar-refractivity contribution in [2.24, 2.45) is 0 Å². The summed E-state index contributed by atoms with van der Waals surface area (Å²) in [6, 6.07) is 5.99. The minimum atomic E-state index is -1.52. The molecule has 5 atom stereocenters. The molecule has 6 N–H and O–H groups in total. The molecular formula is C13H17NO7. The highest BCUT2D eigenvalue weighted by Gasteiger charge is 2.43. The SMILES string of the molecule is O=C(O)c1ccccc1NC1OC(CO)C(O)C(O)C1O. The molecule has 0 aliphatic carbocycles. The Hall–Kier alpha value is -1.71. The Labute approximate surface area is 120 Å². The van der Waals surface area contributed by atoms with Crippen molar-refractivity contribution in [2.45, 2.75) is 30.6 Å². The molecule has 1 heterocycles. The Morgan fingerprint density at radius 2 is 1.81 bits per heavy atom. The first kappa shape index (κ1) is 15.7. The van der Waals surface area contributed by atoms with E-state index in [2.05, 4.69) is 5.32 Å². The number of aliphatic hydroxyl groups is 4. The summed E-state index contributed by atoms with van der Waals surface area (Å²) in [5.41, 5.74) is 0.156. The van der Waals surface area contributed by atoms with Crippen LogP contribution in [0.2, 0.25) is 0 Å². The van der Waals surface area contributed by atoms with E-state index >= 15 is 0 Å². The summed E-state index contributed by atoms with van der Waals surface area (Å²) >= 11 is 0. The quantitative estimate of drug-likeness (QED) is 0.399. The number of hydrogen-bond acceptors (Lipinski definition) is 7. The van der Waals surface area contributed by atoms with Gasteiger partial charge in [0.2, 0.25) is 0 Å². The Bertz CT molecular complexity index is 507. The summed E-state index contributed by atoms with van der Waals surface area (Å²) in [7, 11) is 0. The number of carboxylic acids is 1. The third-order valence-corrected chi connectivity index (χ3v) is 3.35. The maximum atomic E-state index is 11.1. The maximum Gasteiger partial charge on any atom is 0.337 e. The number of ether oxygens (including phenoxy) is 1. The Morgan fingerprint density at radius 1 is 1.14 bits per heavy atom. The molecule has 0 saturated carbocycles. The van der Waals surface area contributed by atoms with Crippen molar-refractivity contribution in [1.29, 1.82) is 0 Å². The number of anilines is 1. The zero-order valence-electron chi connectivity index (χ0n) is 11.0. The van der Waals surface area contributed by atoms with Gasteiger partial charge in [0.15, 0.2) is 6.23 Å². The van der Waals surface area contributed by atoms with Crippen LogP contribution >= 0.6 is 0 Å². The Kier molecular flexibility index (Phi) is 4.76. The second-order valence-corrected chi connectivity index (χ2v) is 4.74. The van der Waals surface area contributed by atoms with Gasteiger partial charge in [0.1, 0.15) is 24.4 Å². The number of aromatic carboxylic acids is 1. The van der Waals surface area contributed by atoms with E-state index in [1.807, 2.05) is 0 Å². The highest BCUT2D eigenvalue weighted by molar-refractivity contribution is 5.94. The predicted octanol–water partition coefficient (Wildman–Crippen LogP) is -1.40. The lowest BCUT2D eigenvalue weighted by atomic mass is 9.98. The van der Waals surface area contributed by atoms with Gasteiger partial charge in [-0.3, -0.25) is 0 Å². The van der Waals surface area contributed by atoms with Crippen molar-refractivity contribution in [3.63, 3.8) is 0 Å². The topological polar surface area (TPSA) is 139 Å². The monoisotopic (exact) mass is 299 g/mol. The van der Waals surface area contributed by atoms with Crippen LogP contribution in [0.25, 0.3) is 0 Å². The van der Waals surface area contributed by atoms with E-state index in [1.54, 1.807) is 12.1 Å².